The monoisotopic (exact) mass is 377 g/mol. The SMILES string of the molecule is CCCOC1C(Cl)CC1Oc1c(C)cc(Br)cc1[N+](=O)[O-]. The first kappa shape index (κ1) is 16.5. The van der Waals surface area contributed by atoms with Crippen molar-refractivity contribution < 1.29 is 14.4 Å². The van der Waals surface area contributed by atoms with Gasteiger partial charge in [-0.2, -0.15) is 0 Å². The van der Waals surface area contributed by atoms with Crippen molar-refractivity contribution in [1.82, 2.24) is 0 Å². The predicted octanol–water partition coefficient (Wildman–Crippen LogP) is 4.22. The van der Waals surface area contributed by atoms with Crippen LogP contribution in [-0.2, 0) is 4.74 Å². The van der Waals surface area contributed by atoms with E-state index in [1.165, 1.54) is 6.07 Å². The van der Waals surface area contributed by atoms with Crippen LogP contribution in [0.2, 0.25) is 0 Å². The summed E-state index contributed by atoms with van der Waals surface area (Å²) in [5.74, 6) is 0.293. The van der Waals surface area contributed by atoms with E-state index in [-0.39, 0.29) is 23.3 Å². The van der Waals surface area contributed by atoms with Crippen LogP contribution in [-0.4, -0.2) is 29.1 Å². The summed E-state index contributed by atoms with van der Waals surface area (Å²) in [5, 5.41) is 11.1. The van der Waals surface area contributed by atoms with E-state index in [9.17, 15) is 10.1 Å². The molecule has 0 spiro atoms. The standard InChI is InChI=1S/C14H17BrClNO4/c1-3-4-20-14-10(16)7-12(14)21-13-8(2)5-9(15)6-11(13)17(18)19/h5-6,10,12,14H,3-4,7H2,1-2H3. The van der Waals surface area contributed by atoms with Crippen LogP contribution in [0.3, 0.4) is 0 Å². The molecule has 1 aromatic carbocycles. The lowest BCUT2D eigenvalue weighted by Gasteiger charge is -2.40. The van der Waals surface area contributed by atoms with Crippen LogP contribution >= 0.6 is 27.5 Å². The third-order valence-corrected chi connectivity index (χ3v) is 4.26. The van der Waals surface area contributed by atoms with Gasteiger partial charge in [0.1, 0.15) is 12.2 Å². The summed E-state index contributed by atoms with van der Waals surface area (Å²) in [5.41, 5.74) is 0.664. The molecular formula is C14H17BrClNO4. The van der Waals surface area contributed by atoms with Crippen molar-refractivity contribution in [2.45, 2.75) is 44.3 Å². The molecule has 116 valence electrons. The Morgan fingerprint density at radius 3 is 2.81 bits per heavy atom. The average Bonchev–Trinajstić information content (AvgIpc) is 2.40. The van der Waals surface area contributed by atoms with E-state index in [1.807, 2.05) is 6.92 Å². The van der Waals surface area contributed by atoms with Crippen LogP contribution in [0, 0.1) is 17.0 Å². The molecule has 3 atom stereocenters. The molecule has 0 heterocycles. The molecule has 0 saturated heterocycles. The van der Waals surface area contributed by atoms with Gasteiger partial charge in [-0.1, -0.05) is 22.9 Å². The molecular weight excluding hydrogens is 362 g/mol. The highest BCUT2D eigenvalue weighted by molar-refractivity contribution is 9.10. The summed E-state index contributed by atoms with van der Waals surface area (Å²) in [7, 11) is 0. The predicted molar refractivity (Wildman–Crippen MR) is 84.2 cm³/mol. The molecule has 1 saturated carbocycles. The topological polar surface area (TPSA) is 61.6 Å². The number of aryl methyl sites for hydroxylation is 1. The molecule has 0 aromatic heterocycles. The Morgan fingerprint density at radius 1 is 1.52 bits per heavy atom. The van der Waals surface area contributed by atoms with Crippen molar-refractivity contribution in [3.05, 3.63) is 32.3 Å². The number of hydrogen-bond acceptors (Lipinski definition) is 4. The Hall–Kier alpha value is -0.850. The van der Waals surface area contributed by atoms with E-state index in [4.69, 9.17) is 21.1 Å². The second-order valence-corrected chi connectivity index (χ2v) is 6.55. The first-order valence-electron chi connectivity index (χ1n) is 6.81. The van der Waals surface area contributed by atoms with Gasteiger partial charge in [-0.3, -0.25) is 10.1 Å². The van der Waals surface area contributed by atoms with Gasteiger partial charge >= 0.3 is 5.69 Å². The fraction of sp³-hybridized carbons (Fsp3) is 0.571. The van der Waals surface area contributed by atoms with Crippen LogP contribution in [0.1, 0.15) is 25.3 Å². The molecule has 0 radical (unpaired) electrons. The molecule has 7 heteroatoms. The van der Waals surface area contributed by atoms with Crippen LogP contribution in [0.4, 0.5) is 5.69 Å². The molecule has 0 amide bonds. The number of benzene rings is 1. The largest absolute Gasteiger partial charge is 0.480 e. The van der Waals surface area contributed by atoms with Crippen molar-refractivity contribution in [3.63, 3.8) is 0 Å². The summed E-state index contributed by atoms with van der Waals surface area (Å²) in [6.45, 7) is 4.41. The zero-order valence-corrected chi connectivity index (χ0v) is 14.2. The molecule has 1 aromatic rings. The number of nitro groups is 1. The quantitative estimate of drug-likeness (QED) is 0.422. The number of alkyl halides is 1. The van der Waals surface area contributed by atoms with Crippen molar-refractivity contribution in [1.29, 1.82) is 0 Å². The molecule has 0 bridgehead atoms. The van der Waals surface area contributed by atoms with Gasteiger partial charge in [0.05, 0.1) is 10.3 Å². The molecule has 3 unspecified atom stereocenters. The molecule has 5 nitrogen and oxygen atoms in total. The van der Waals surface area contributed by atoms with E-state index in [2.05, 4.69) is 15.9 Å². The minimum absolute atomic E-state index is 0.0471. The zero-order chi connectivity index (χ0) is 15.6. The number of hydrogen-bond donors (Lipinski definition) is 0. The van der Waals surface area contributed by atoms with Crippen molar-refractivity contribution >= 4 is 33.2 Å². The van der Waals surface area contributed by atoms with Crippen LogP contribution in [0.5, 0.6) is 5.75 Å². The van der Waals surface area contributed by atoms with Gasteiger partial charge < -0.3 is 9.47 Å². The lowest BCUT2D eigenvalue weighted by atomic mass is 9.90. The van der Waals surface area contributed by atoms with Crippen molar-refractivity contribution in [2.75, 3.05) is 6.61 Å². The second-order valence-electron chi connectivity index (χ2n) is 5.07. The van der Waals surface area contributed by atoms with E-state index >= 15 is 0 Å². The lowest BCUT2D eigenvalue weighted by Crippen LogP contribution is -2.52. The Kier molecular flexibility index (Phi) is 5.46. The van der Waals surface area contributed by atoms with Crippen molar-refractivity contribution in [3.8, 4) is 5.75 Å². The minimum Gasteiger partial charge on any atom is -0.480 e. The highest BCUT2D eigenvalue weighted by Crippen LogP contribution is 2.39. The Bertz CT molecular complexity index is 540. The van der Waals surface area contributed by atoms with Crippen LogP contribution in [0.25, 0.3) is 0 Å². The highest BCUT2D eigenvalue weighted by Gasteiger charge is 2.43. The zero-order valence-electron chi connectivity index (χ0n) is 11.8. The van der Waals surface area contributed by atoms with Crippen molar-refractivity contribution in [2.24, 2.45) is 0 Å². The smallest absolute Gasteiger partial charge is 0.312 e. The molecule has 1 fully saturated rings. The molecule has 0 N–H and O–H groups in total. The Balaban J connectivity index is 2.18. The number of halogens is 2. The van der Waals surface area contributed by atoms with Gasteiger partial charge in [0.25, 0.3) is 0 Å². The van der Waals surface area contributed by atoms with E-state index in [1.54, 1.807) is 13.0 Å². The van der Waals surface area contributed by atoms with Gasteiger partial charge in [-0.05, 0) is 25.0 Å². The van der Waals surface area contributed by atoms with Gasteiger partial charge in [0, 0.05) is 23.6 Å². The molecule has 0 aliphatic heterocycles. The van der Waals surface area contributed by atoms with Gasteiger partial charge in [0.15, 0.2) is 0 Å². The Labute approximate surface area is 136 Å². The van der Waals surface area contributed by atoms with Gasteiger partial charge in [-0.25, -0.2) is 0 Å². The maximum Gasteiger partial charge on any atom is 0.312 e. The number of ether oxygens (including phenoxy) is 2. The van der Waals surface area contributed by atoms with E-state index in [0.29, 0.717) is 28.8 Å². The van der Waals surface area contributed by atoms with Gasteiger partial charge in [0.2, 0.25) is 5.75 Å². The molecule has 21 heavy (non-hydrogen) atoms. The summed E-state index contributed by atoms with van der Waals surface area (Å²) in [6.07, 6.45) is 1.07. The lowest BCUT2D eigenvalue weighted by molar-refractivity contribution is -0.386. The Morgan fingerprint density at radius 2 is 2.24 bits per heavy atom. The number of nitro benzene ring substituents is 1. The number of rotatable bonds is 6. The normalized spacial score (nSPS) is 24.5. The summed E-state index contributed by atoms with van der Waals surface area (Å²) >= 11 is 9.40. The highest BCUT2D eigenvalue weighted by atomic mass is 79.9. The van der Waals surface area contributed by atoms with Crippen LogP contribution in [0.15, 0.2) is 16.6 Å². The molecule has 1 aliphatic rings. The maximum absolute atomic E-state index is 11.2. The first-order chi connectivity index (χ1) is 9.93. The van der Waals surface area contributed by atoms with Gasteiger partial charge in [-0.15, -0.1) is 11.6 Å². The maximum atomic E-state index is 11.2. The fourth-order valence-electron chi connectivity index (χ4n) is 2.26. The van der Waals surface area contributed by atoms with E-state index < -0.39 is 4.92 Å². The van der Waals surface area contributed by atoms with Crippen LogP contribution < -0.4 is 4.74 Å². The first-order valence-corrected chi connectivity index (χ1v) is 8.03. The second kappa shape index (κ2) is 6.94. The van der Waals surface area contributed by atoms with E-state index in [0.717, 1.165) is 6.42 Å². The number of nitrogens with zero attached hydrogens (tertiary/aromatic N) is 1. The fourth-order valence-corrected chi connectivity index (χ4v) is 3.23. The third kappa shape index (κ3) is 3.67. The molecule has 1 aliphatic carbocycles. The summed E-state index contributed by atoms with van der Waals surface area (Å²) < 4.78 is 12.1. The summed E-state index contributed by atoms with van der Waals surface area (Å²) in [6, 6.07) is 3.24. The summed E-state index contributed by atoms with van der Waals surface area (Å²) in [4.78, 5) is 10.7. The average molecular weight is 379 g/mol. The third-order valence-electron chi connectivity index (χ3n) is 3.38. The molecule has 2 rings (SSSR count). The minimum atomic E-state index is -0.439.